The molecular formula is C8H9Cl2NO2S. The Morgan fingerprint density at radius 1 is 1.29 bits per heavy atom. The SMILES string of the molecule is Cc1cc(Cl)c(C)c(Cl)c1S(N)(=O)=O. The summed E-state index contributed by atoms with van der Waals surface area (Å²) in [7, 11) is -3.79. The monoisotopic (exact) mass is 253 g/mol. The van der Waals surface area contributed by atoms with Crippen LogP contribution in [-0.2, 0) is 10.0 Å². The molecule has 0 atom stereocenters. The van der Waals surface area contributed by atoms with Crippen molar-refractivity contribution in [3.8, 4) is 0 Å². The predicted octanol–water partition coefficient (Wildman–Crippen LogP) is 2.26. The average molecular weight is 254 g/mol. The third-order valence-corrected chi connectivity index (χ3v) is 3.94. The molecule has 0 unspecified atom stereocenters. The Morgan fingerprint density at radius 3 is 2.21 bits per heavy atom. The molecule has 0 aliphatic rings. The van der Waals surface area contributed by atoms with Crippen molar-refractivity contribution >= 4 is 33.2 Å². The smallest absolute Gasteiger partial charge is 0.225 e. The summed E-state index contributed by atoms with van der Waals surface area (Å²) in [5.41, 5.74) is 0.969. The number of hydrogen-bond acceptors (Lipinski definition) is 2. The zero-order chi connectivity index (χ0) is 11.1. The normalized spacial score (nSPS) is 11.8. The van der Waals surface area contributed by atoms with Gasteiger partial charge in [0.05, 0.1) is 5.02 Å². The number of benzene rings is 1. The molecule has 0 fully saturated rings. The summed E-state index contributed by atoms with van der Waals surface area (Å²) in [6, 6.07) is 1.53. The van der Waals surface area contributed by atoms with E-state index >= 15 is 0 Å². The Kier molecular flexibility index (Phi) is 3.11. The highest BCUT2D eigenvalue weighted by molar-refractivity contribution is 7.89. The topological polar surface area (TPSA) is 60.2 Å². The van der Waals surface area contributed by atoms with Gasteiger partial charge in [0, 0.05) is 5.02 Å². The highest BCUT2D eigenvalue weighted by Gasteiger charge is 2.19. The van der Waals surface area contributed by atoms with Crippen LogP contribution >= 0.6 is 23.2 Å². The predicted molar refractivity (Wildman–Crippen MR) is 57.3 cm³/mol. The second-order valence-electron chi connectivity index (χ2n) is 2.99. The second kappa shape index (κ2) is 3.70. The fourth-order valence-corrected chi connectivity index (χ4v) is 2.95. The van der Waals surface area contributed by atoms with Crippen molar-refractivity contribution in [1.82, 2.24) is 0 Å². The average Bonchev–Trinajstić information content (AvgIpc) is 1.97. The highest BCUT2D eigenvalue weighted by atomic mass is 35.5. The summed E-state index contributed by atoms with van der Waals surface area (Å²) in [5.74, 6) is 0. The fraction of sp³-hybridized carbons (Fsp3) is 0.250. The minimum absolute atomic E-state index is 0.0546. The summed E-state index contributed by atoms with van der Waals surface area (Å²) < 4.78 is 22.4. The lowest BCUT2D eigenvalue weighted by molar-refractivity contribution is 0.597. The first-order valence-electron chi connectivity index (χ1n) is 3.73. The molecule has 78 valence electrons. The first-order valence-corrected chi connectivity index (χ1v) is 6.03. The minimum atomic E-state index is -3.79. The Hall–Kier alpha value is -0.290. The molecule has 6 heteroatoms. The van der Waals surface area contributed by atoms with Gasteiger partial charge in [-0.1, -0.05) is 23.2 Å². The van der Waals surface area contributed by atoms with E-state index in [2.05, 4.69) is 0 Å². The van der Waals surface area contributed by atoms with Crippen molar-refractivity contribution in [3.63, 3.8) is 0 Å². The van der Waals surface area contributed by atoms with E-state index in [1.165, 1.54) is 6.07 Å². The van der Waals surface area contributed by atoms with Crippen LogP contribution in [0.5, 0.6) is 0 Å². The fourth-order valence-electron chi connectivity index (χ4n) is 1.16. The lowest BCUT2D eigenvalue weighted by Gasteiger charge is -2.09. The Morgan fingerprint density at radius 2 is 1.79 bits per heavy atom. The van der Waals surface area contributed by atoms with Crippen LogP contribution in [0.2, 0.25) is 10.0 Å². The third-order valence-electron chi connectivity index (χ3n) is 1.87. The van der Waals surface area contributed by atoms with E-state index in [0.29, 0.717) is 16.1 Å². The standard InChI is InChI=1S/C8H9Cl2NO2S/c1-4-3-6(9)5(2)7(10)8(4)14(11,12)13/h3H,1-2H3,(H2,11,12,13). The van der Waals surface area contributed by atoms with Crippen LogP contribution in [0.15, 0.2) is 11.0 Å². The van der Waals surface area contributed by atoms with Crippen molar-refractivity contribution in [2.24, 2.45) is 5.14 Å². The van der Waals surface area contributed by atoms with Gasteiger partial charge in [-0.15, -0.1) is 0 Å². The van der Waals surface area contributed by atoms with E-state index in [-0.39, 0.29) is 9.92 Å². The minimum Gasteiger partial charge on any atom is -0.225 e. The molecule has 1 aromatic rings. The van der Waals surface area contributed by atoms with Gasteiger partial charge in [-0.25, -0.2) is 13.6 Å². The quantitative estimate of drug-likeness (QED) is 0.835. The van der Waals surface area contributed by atoms with Crippen molar-refractivity contribution in [2.45, 2.75) is 18.7 Å². The number of hydrogen-bond donors (Lipinski definition) is 1. The van der Waals surface area contributed by atoms with Gasteiger partial charge in [0.25, 0.3) is 0 Å². The molecule has 0 saturated heterocycles. The number of halogens is 2. The molecule has 0 saturated carbocycles. The first kappa shape index (κ1) is 11.8. The van der Waals surface area contributed by atoms with E-state index in [1.807, 2.05) is 0 Å². The van der Waals surface area contributed by atoms with Crippen molar-refractivity contribution in [1.29, 1.82) is 0 Å². The zero-order valence-corrected chi connectivity index (χ0v) is 9.96. The maximum absolute atomic E-state index is 11.2. The van der Waals surface area contributed by atoms with Crippen LogP contribution < -0.4 is 5.14 Å². The molecular weight excluding hydrogens is 245 g/mol. The van der Waals surface area contributed by atoms with Crippen LogP contribution in [0.4, 0.5) is 0 Å². The van der Waals surface area contributed by atoms with Gasteiger partial charge >= 0.3 is 0 Å². The number of nitrogens with two attached hydrogens (primary N) is 1. The van der Waals surface area contributed by atoms with Gasteiger partial charge in [0.2, 0.25) is 10.0 Å². The Labute approximate surface area is 92.9 Å². The summed E-state index contributed by atoms with van der Waals surface area (Å²) in [4.78, 5) is -0.0546. The van der Waals surface area contributed by atoms with Gasteiger partial charge < -0.3 is 0 Å². The van der Waals surface area contributed by atoms with Crippen LogP contribution in [0.1, 0.15) is 11.1 Å². The number of primary sulfonamides is 1. The summed E-state index contributed by atoms with van der Waals surface area (Å²) in [5, 5.41) is 5.55. The molecule has 3 nitrogen and oxygen atoms in total. The largest absolute Gasteiger partial charge is 0.239 e. The van der Waals surface area contributed by atoms with E-state index in [9.17, 15) is 8.42 Å². The molecule has 0 aliphatic carbocycles. The molecule has 1 rings (SSSR count). The van der Waals surface area contributed by atoms with Crippen LogP contribution in [0.25, 0.3) is 0 Å². The molecule has 1 aromatic carbocycles. The van der Waals surface area contributed by atoms with Gasteiger partial charge in [-0.3, -0.25) is 0 Å². The van der Waals surface area contributed by atoms with Crippen molar-refractivity contribution in [3.05, 3.63) is 27.2 Å². The molecule has 0 aliphatic heterocycles. The summed E-state index contributed by atoms with van der Waals surface area (Å²) >= 11 is 11.7. The Balaban J connectivity index is 3.70. The molecule has 0 aromatic heterocycles. The van der Waals surface area contributed by atoms with E-state index < -0.39 is 10.0 Å². The van der Waals surface area contributed by atoms with Crippen molar-refractivity contribution < 1.29 is 8.42 Å². The molecule has 0 heterocycles. The van der Waals surface area contributed by atoms with Crippen LogP contribution in [0, 0.1) is 13.8 Å². The van der Waals surface area contributed by atoms with E-state index in [0.717, 1.165) is 0 Å². The van der Waals surface area contributed by atoms with Gasteiger partial charge in [0.15, 0.2) is 0 Å². The van der Waals surface area contributed by atoms with Crippen LogP contribution in [-0.4, -0.2) is 8.42 Å². The maximum atomic E-state index is 11.2. The summed E-state index contributed by atoms with van der Waals surface area (Å²) in [6.07, 6.45) is 0. The molecule has 0 spiro atoms. The van der Waals surface area contributed by atoms with Crippen molar-refractivity contribution in [2.75, 3.05) is 0 Å². The second-order valence-corrected chi connectivity index (χ2v) is 5.27. The Bertz CT molecular complexity index is 483. The number of rotatable bonds is 1. The van der Waals surface area contributed by atoms with Gasteiger partial charge in [0.1, 0.15) is 4.90 Å². The first-order chi connectivity index (χ1) is 6.25. The zero-order valence-electron chi connectivity index (χ0n) is 7.64. The lowest BCUT2D eigenvalue weighted by Crippen LogP contribution is -2.14. The third kappa shape index (κ3) is 2.03. The number of aryl methyl sites for hydroxylation is 1. The van der Waals surface area contributed by atoms with Crippen LogP contribution in [0.3, 0.4) is 0 Å². The number of sulfonamides is 1. The molecule has 2 N–H and O–H groups in total. The maximum Gasteiger partial charge on any atom is 0.239 e. The molecule has 0 radical (unpaired) electrons. The van der Waals surface area contributed by atoms with E-state index in [1.54, 1.807) is 13.8 Å². The summed E-state index contributed by atoms with van der Waals surface area (Å²) in [6.45, 7) is 3.23. The molecule has 14 heavy (non-hydrogen) atoms. The molecule has 0 amide bonds. The van der Waals surface area contributed by atoms with Gasteiger partial charge in [-0.05, 0) is 31.0 Å². The van der Waals surface area contributed by atoms with E-state index in [4.69, 9.17) is 28.3 Å². The van der Waals surface area contributed by atoms with Gasteiger partial charge in [-0.2, -0.15) is 0 Å². The highest BCUT2D eigenvalue weighted by Crippen LogP contribution is 2.32. The lowest BCUT2D eigenvalue weighted by atomic mass is 10.2. The molecule has 0 bridgehead atoms.